The van der Waals surface area contributed by atoms with Gasteiger partial charge in [-0.3, -0.25) is 19.0 Å². The molecule has 0 amide bonds. The van der Waals surface area contributed by atoms with E-state index in [2.05, 4.69) is 9.44 Å². The van der Waals surface area contributed by atoms with Crippen LogP contribution in [-0.2, 0) is 39.1 Å². The van der Waals surface area contributed by atoms with E-state index in [1.165, 1.54) is 30.3 Å². The molecule has 0 saturated heterocycles. The number of esters is 2. The molecule has 0 fully saturated rings. The average molecular weight is 625 g/mol. The molecule has 0 saturated carbocycles. The van der Waals surface area contributed by atoms with Gasteiger partial charge in [0.2, 0.25) is 0 Å². The minimum absolute atomic E-state index is 0.0137. The second kappa shape index (κ2) is 12.8. The van der Waals surface area contributed by atoms with Crippen LogP contribution in [0.5, 0.6) is 0 Å². The highest BCUT2D eigenvalue weighted by molar-refractivity contribution is 7.93. The van der Waals surface area contributed by atoms with Gasteiger partial charge in [0.25, 0.3) is 20.0 Å². The van der Waals surface area contributed by atoms with E-state index in [4.69, 9.17) is 9.47 Å². The molecule has 0 atom stereocenters. The van der Waals surface area contributed by atoms with Crippen LogP contribution in [0.3, 0.4) is 0 Å². The van der Waals surface area contributed by atoms with Crippen LogP contribution in [0.15, 0.2) is 88.7 Å². The SMILES string of the molecule is CCOC(=O)C(C(=O)OCC)c1cc(NS(=O)(=O)c2ccc(C)cc2)c2ccccc2c1NS(=O)(=O)c1ccc(C)cc1. The van der Waals surface area contributed by atoms with E-state index in [0.717, 1.165) is 11.1 Å². The van der Waals surface area contributed by atoms with Gasteiger partial charge in [-0.2, -0.15) is 0 Å². The van der Waals surface area contributed by atoms with E-state index >= 15 is 0 Å². The van der Waals surface area contributed by atoms with Crippen LogP contribution in [0.4, 0.5) is 11.4 Å². The Labute approximate surface area is 251 Å². The number of hydrogen-bond acceptors (Lipinski definition) is 8. The largest absolute Gasteiger partial charge is 0.465 e. The summed E-state index contributed by atoms with van der Waals surface area (Å²) in [6, 6.07) is 20.0. The second-order valence-corrected chi connectivity index (χ2v) is 13.1. The molecular formula is C31H32N2O8S2. The van der Waals surface area contributed by atoms with Gasteiger partial charge in [-0.15, -0.1) is 0 Å². The number of benzene rings is 4. The lowest BCUT2D eigenvalue weighted by atomic mass is 9.93. The van der Waals surface area contributed by atoms with Gasteiger partial charge in [-0.25, -0.2) is 16.8 Å². The van der Waals surface area contributed by atoms with Crippen molar-refractivity contribution in [3.05, 3.63) is 95.6 Å². The maximum Gasteiger partial charge on any atom is 0.324 e. The molecule has 0 radical (unpaired) electrons. The topological polar surface area (TPSA) is 145 Å². The lowest BCUT2D eigenvalue weighted by Gasteiger charge is -2.23. The first-order valence-electron chi connectivity index (χ1n) is 13.5. The zero-order chi connectivity index (χ0) is 31.4. The minimum atomic E-state index is -4.24. The highest BCUT2D eigenvalue weighted by Gasteiger charge is 2.36. The number of ether oxygens (including phenoxy) is 2. The number of carbonyl (C=O) groups is 2. The molecule has 10 nitrogen and oxygen atoms in total. The fourth-order valence-electron chi connectivity index (χ4n) is 4.46. The Morgan fingerprint density at radius 3 is 1.58 bits per heavy atom. The van der Waals surface area contributed by atoms with Gasteiger partial charge in [-0.1, -0.05) is 59.7 Å². The summed E-state index contributed by atoms with van der Waals surface area (Å²) in [4.78, 5) is 26.4. The molecule has 0 aliphatic heterocycles. The predicted octanol–water partition coefficient (Wildman–Crippen LogP) is 5.27. The quantitative estimate of drug-likeness (QED) is 0.170. The maximum atomic E-state index is 13.6. The van der Waals surface area contributed by atoms with Gasteiger partial charge in [0.05, 0.1) is 34.4 Å². The van der Waals surface area contributed by atoms with Gasteiger partial charge in [0, 0.05) is 16.3 Å². The number of anilines is 2. The van der Waals surface area contributed by atoms with Crippen LogP contribution in [-0.4, -0.2) is 42.0 Å². The Hall–Kier alpha value is -4.42. The third kappa shape index (κ3) is 6.98. The van der Waals surface area contributed by atoms with E-state index in [-0.39, 0.29) is 45.3 Å². The van der Waals surface area contributed by atoms with Crippen molar-refractivity contribution >= 4 is 54.1 Å². The second-order valence-electron chi connectivity index (χ2n) is 9.71. The van der Waals surface area contributed by atoms with Gasteiger partial charge in [-0.05, 0) is 58.0 Å². The molecule has 0 aromatic heterocycles. The molecule has 43 heavy (non-hydrogen) atoms. The van der Waals surface area contributed by atoms with Gasteiger partial charge in [0.15, 0.2) is 5.92 Å². The summed E-state index contributed by atoms with van der Waals surface area (Å²) in [7, 11) is -8.38. The average Bonchev–Trinajstić information content (AvgIpc) is 2.95. The molecule has 2 N–H and O–H groups in total. The van der Waals surface area contributed by atoms with Crippen molar-refractivity contribution in [2.45, 2.75) is 43.4 Å². The van der Waals surface area contributed by atoms with Crippen LogP contribution >= 0.6 is 0 Å². The van der Waals surface area contributed by atoms with Crippen molar-refractivity contribution in [2.24, 2.45) is 0 Å². The Morgan fingerprint density at radius 1 is 0.674 bits per heavy atom. The highest BCUT2D eigenvalue weighted by atomic mass is 32.2. The number of fused-ring (bicyclic) bond motifs is 1. The van der Waals surface area contributed by atoms with E-state index in [1.807, 2.05) is 13.8 Å². The third-order valence-corrected chi connectivity index (χ3v) is 9.32. The molecule has 12 heteroatoms. The van der Waals surface area contributed by atoms with Crippen LogP contribution < -0.4 is 9.44 Å². The van der Waals surface area contributed by atoms with Crippen molar-refractivity contribution < 1.29 is 35.9 Å². The van der Waals surface area contributed by atoms with Crippen LogP contribution in [0.2, 0.25) is 0 Å². The number of hydrogen-bond donors (Lipinski definition) is 2. The molecule has 0 spiro atoms. The molecule has 0 aliphatic carbocycles. The normalized spacial score (nSPS) is 11.7. The molecule has 0 aliphatic rings. The molecule has 4 rings (SSSR count). The summed E-state index contributed by atoms with van der Waals surface area (Å²) in [6.07, 6.45) is 0. The predicted molar refractivity (Wildman–Crippen MR) is 164 cm³/mol. The van der Waals surface area contributed by atoms with E-state index < -0.39 is 37.9 Å². The molecule has 226 valence electrons. The van der Waals surface area contributed by atoms with Crippen molar-refractivity contribution in [1.82, 2.24) is 0 Å². The smallest absolute Gasteiger partial charge is 0.324 e. The first kappa shape index (κ1) is 31.5. The summed E-state index contributed by atoms with van der Waals surface area (Å²) in [5.74, 6) is -3.71. The van der Waals surface area contributed by atoms with Crippen molar-refractivity contribution in [3.63, 3.8) is 0 Å². The molecule has 0 unspecified atom stereocenters. The Morgan fingerprint density at radius 2 is 1.12 bits per heavy atom. The zero-order valence-electron chi connectivity index (χ0n) is 24.1. The van der Waals surface area contributed by atoms with Crippen molar-refractivity contribution in [3.8, 4) is 0 Å². The van der Waals surface area contributed by atoms with Crippen LogP contribution in [0, 0.1) is 13.8 Å². The fourth-order valence-corrected chi connectivity index (χ4v) is 6.64. The van der Waals surface area contributed by atoms with Crippen molar-refractivity contribution in [1.29, 1.82) is 0 Å². The van der Waals surface area contributed by atoms with E-state index in [9.17, 15) is 26.4 Å². The van der Waals surface area contributed by atoms with Crippen LogP contribution in [0.25, 0.3) is 10.8 Å². The third-order valence-electron chi connectivity index (χ3n) is 6.57. The maximum absolute atomic E-state index is 13.6. The van der Waals surface area contributed by atoms with Crippen LogP contribution in [0.1, 0.15) is 36.5 Å². The Balaban J connectivity index is 2.00. The molecule has 0 bridgehead atoms. The first-order chi connectivity index (χ1) is 20.4. The van der Waals surface area contributed by atoms with Gasteiger partial charge < -0.3 is 9.47 Å². The number of sulfonamides is 2. The number of nitrogens with one attached hydrogen (secondary N) is 2. The summed E-state index contributed by atoms with van der Waals surface area (Å²) >= 11 is 0. The summed E-state index contributed by atoms with van der Waals surface area (Å²) in [5, 5.41) is 0.547. The number of carbonyl (C=O) groups excluding carboxylic acids is 2. The lowest BCUT2D eigenvalue weighted by molar-refractivity contribution is -0.156. The van der Waals surface area contributed by atoms with E-state index in [1.54, 1.807) is 62.4 Å². The van der Waals surface area contributed by atoms with E-state index in [0.29, 0.717) is 5.39 Å². The fraction of sp³-hybridized carbons (Fsp3) is 0.226. The monoisotopic (exact) mass is 624 g/mol. The molecule has 4 aromatic carbocycles. The summed E-state index contributed by atoms with van der Waals surface area (Å²) < 4.78 is 69.5. The lowest BCUT2D eigenvalue weighted by Crippen LogP contribution is -2.28. The number of aryl methyl sites for hydroxylation is 2. The minimum Gasteiger partial charge on any atom is -0.465 e. The van der Waals surface area contributed by atoms with Gasteiger partial charge >= 0.3 is 11.9 Å². The summed E-state index contributed by atoms with van der Waals surface area (Å²) in [5.41, 5.74) is 1.49. The number of rotatable bonds is 11. The van der Waals surface area contributed by atoms with Gasteiger partial charge in [0.1, 0.15) is 0 Å². The zero-order valence-corrected chi connectivity index (χ0v) is 25.7. The summed E-state index contributed by atoms with van der Waals surface area (Å²) in [6.45, 7) is 6.62. The first-order valence-corrected chi connectivity index (χ1v) is 16.4. The Kier molecular flexibility index (Phi) is 9.41. The van der Waals surface area contributed by atoms with Crippen molar-refractivity contribution in [2.75, 3.05) is 22.7 Å². The standard InChI is InChI=1S/C31H32N2O8S2/c1-5-40-30(34)28(31(35)41-6-2)26-19-27(32-42(36,37)22-15-11-20(3)12-16-22)24-9-7-8-10-25(24)29(26)33-43(38,39)23-17-13-21(4)14-18-23/h7-19,28,32-33H,5-6H2,1-4H3. The molecule has 4 aromatic rings. The Bertz CT molecular complexity index is 1850. The molecule has 0 heterocycles. The molecular weight excluding hydrogens is 592 g/mol. The highest BCUT2D eigenvalue weighted by Crippen LogP contribution is 2.40.